The van der Waals surface area contributed by atoms with Crippen molar-refractivity contribution in [3.63, 3.8) is 0 Å². The fourth-order valence-corrected chi connectivity index (χ4v) is 3.11. The minimum Gasteiger partial charge on any atom is -0.486 e. The van der Waals surface area contributed by atoms with E-state index in [-0.39, 0.29) is 12.1 Å². The molecule has 0 saturated carbocycles. The van der Waals surface area contributed by atoms with Crippen molar-refractivity contribution in [2.24, 2.45) is 5.73 Å². The number of nitrogens with two attached hydrogens (primary N) is 1. The van der Waals surface area contributed by atoms with Gasteiger partial charge >= 0.3 is 0 Å². The second-order valence-corrected chi connectivity index (χ2v) is 5.45. The van der Waals surface area contributed by atoms with Crippen LogP contribution in [-0.2, 0) is 0 Å². The van der Waals surface area contributed by atoms with Crippen molar-refractivity contribution in [3.8, 4) is 11.5 Å². The van der Waals surface area contributed by atoms with E-state index >= 15 is 0 Å². The molecule has 2 aliphatic heterocycles. The van der Waals surface area contributed by atoms with Gasteiger partial charge in [0.05, 0.1) is 0 Å². The Morgan fingerprint density at radius 3 is 2.47 bits per heavy atom. The maximum absolute atomic E-state index is 6.21. The SMILES string of the molecule is CC(N)C(c1ccc2c(c1)OCCO2)N1CCCC1. The molecule has 4 heteroatoms. The Morgan fingerprint density at radius 1 is 1.11 bits per heavy atom. The average Bonchev–Trinajstić information content (AvgIpc) is 2.92. The van der Waals surface area contributed by atoms with Crippen molar-refractivity contribution in [1.82, 2.24) is 4.90 Å². The van der Waals surface area contributed by atoms with E-state index in [9.17, 15) is 0 Å². The summed E-state index contributed by atoms with van der Waals surface area (Å²) in [5.41, 5.74) is 7.45. The highest BCUT2D eigenvalue weighted by atomic mass is 16.6. The van der Waals surface area contributed by atoms with Gasteiger partial charge in [0.1, 0.15) is 13.2 Å². The minimum atomic E-state index is 0.112. The molecule has 2 aliphatic rings. The molecule has 1 aromatic rings. The van der Waals surface area contributed by atoms with Gasteiger partial charge in [-0.25, -0.2) is 0 Å². The van der Waals surface area contributed by atoms with Crippen molar-refractivity contribution in [2.75, 3.05) is 26.3 Å². The highest BCUT2D eigenvalue weighted by molar-refractivity contribution is 5.45. The number of benzene rings is 1. The van der Waals surface area contributed by atoms with Gasteiger partial charge in [-0.2, -0.15) is 0 Å². The summed E-state index contributed by atoms with van der Waals surface area (Å²) in [4.78, 5) is 2.48. The second-order valence-electron chi connectivity index (χ2n) is 5.45. The van der Waals surface area contributed by atoms with E-state index in [4.69, 9.17) is 15.2 Å². The third-order valence-electron chi connectivity index (χ3n) is 3.94. The van der Waals surface area contributed by atoms with Crippen molar-refractivity contribution in [3.05, 3.63) is 23.8 Å². The Balaban J connectivity index is 1.89. The molecule has 0 bridgehead atoms. The first kappa shape index (κ1) is 12.8. The monoisotopic (exact) mass is 262 g/mol. The fourth-order valence-electron chi connectivity index (χ4n) is 3.11. The summed E-state index contributed by atoms with van der Waals surface area (Å²) >= 11 is 0. The van der Waals surface area contributed by atoms with Crippen LogP contribution in [0, 0.1) is 0 Å². The van der Waals surface area contributed by atoms with Gasteiger partial charge in [0.15, 0.2) is 11.5 Å². The maximum atomic E-state index is 6.21. The van der Waals surface area contributed by atoms with Gasteiger partial charge in [-0.1, -0.05) is 6.07 Å². The first-order chi connectivity index (χ1) is 9.25. The van der Waals surface area contributed by atoms with Crippen molar-refractivity contribution < 1.29 is 9.47 Å². The number of ether oxygens (including phenoxy) is 2. The Bertz CT molecular complexity index is 442. The van der Waals surface area contributed by atoms with E-state index in [0.29, 0.717) is 13.2 Å². The van der Waals surface area contributed by atoms with E-state index < -0.39 is 0 Å². The minimum absolute atomic E-state index is 0.112. The summed E-state index contributed by atoms with van der Waals surface area (Å²) in [6.07, 6.45) is 2.54. The Morgan fingerprint density at radius 2 is 1.79 bits per heavy atom. The van der Waals surface area contributed by atoms with Gasteiger partial charge < -0.3 is 15.2 Å². The summed E-state index contributed by atoms with van der Waals surface area (Å²) in [7, 11) is 0. The lowest BCUT2D eigenvalue weighted by Crippen LogP contribution is -2.38. The molecule has 1 aromatic carbocycles. The topological polar surface area (TPSA) is 47.7 Å². The standard InChI is InChI=1S/C15H22N2O2/c1-11(16)15(17-6-2-3-7-17)12-4-5-13-14(10-12)19-9-8-18-13/h4-5,10-11,15H,2-3,6-9,16H2,1H3. The van der Waals surface area contributed by atoms with Crippen LogP contribution in [0.3, 0.4) is 0 Å². The molecule has 0 spiro atoms. The molecule has 3 rings (SSSR count). The number of nitrogens with zero attached hydrogens (tertiary/aromatic N) is 1. The molecule has 0 radical (unpaired) electrons. The van der Waals surface area contributed by atoms with Crippen LogP contribution in [0.5, 0.6) is 11.5 Å². The normalized spacial score (nSPS) is 22.2. The molecular weight excluding hydrogens is 240 g/mol. The molecule has 1 fully saturated rings. The Hall–Kier alpha value is -1.26. The molecule has 0 aromatic heterocycles. The van der Waals surface area contributed by atoms with E-state index in [1.165, 1.54) is 18.4 Å². The molecule has 2 atom stereocenters. The second kappa shape index (κ2) is 5.39. The number of hydrogen-bond donors (Lipinski definition) is 1. The van der Waals surface area contributed by atoms with Gasteiger partial charge in [0, 0.05) is 12.1 Å². The summed E-state index contributed by atoms with van der Waals surface area (Å²) in [6, 6.07) is 6.62. The van der Waals surface area contributed by atoms with E-state index in [2.05, 4.69) is 24.0 Å². The predicted octanol–water partition coefficient (Wildman–Crippen LogP) is 1.94. The third kappa shape index (κ3) is 2.55. The molecule has 2 N–H and O–H groups in total. The lowest BCUT2D eigenvalue weighted by atomic mass is 9.99. The van der Waals surface area contributed by atoms with Crippen LogP contribution in [0.2, 0.25) is 0 Å². The Kier molecular flexibility index (Phi) is 3.62. The number of likely N-dealkylation sites (tertiary alicyclic amines) is 1. The zero-order chi connectivity index (χ0) is 13.2. The van der Waals surface area contributed by atoms with Crippen LogP contribution in [-0.4, -0.2) is 37.2 Å². The first-order valence-corrected chi connectivity index (χ1v) is 7.15. The van der Waals surface area contributed by atoms with E-state index in [1.807, 2.05) is 6.07 Å². The van der Waals surface area contributed by atoms with Gasteiger partial charge in [0.2, 0.25) is 0 Å². The summed E-state index contributed by atoms with van der Waals surface area (Å²) in [6.45, 7) is 5.62. The predicted molar refractivity (Wildman–Crippen MR) is 74.6 cm³/mol. The smallest absolute Gasteiger partial charge is 0.161 e. The number of fused-ring (bicyclic) bond motifs is 1. The first-order valence-electron chi connectivity index (χ1n) is 7.15. The zero-order valence-electron chi connectivity index (χ0n) is 11.5. The van der Waals surface area contributed by atoms with E-state index in [0.717, 1.165) is 24.6 Å². The molecule has 0 amide bonds. The molecule has 1 saturated heterocycles. The largest absolute Gasteiger partial charge is 0.486 e. The highest BCUT2D eigenvalue weighted by Crippen LogP contribution is 2.35. The number of rotatable bonds is 3. The zero-order valence-corrected chi connectivity index (χ0v) is 11.5. The van der Waals surface area contributed by atoms with Crippen LogP contribution in [0.1, 0.15) is 31.4 Å². The van der Waals surface area contributed by atoms with Gasteiger partial charge in [-0.15, -0.1) is 0 Å². The fraction of sp³-hybridized carbons (Fsp3) is 0.600. The lowest BCUT2D eigenvalue weighted by molar-refractivity contribution is 0.170. The Labute approximate surface area is 114 Å². The third-order valence-corrected chi connectivity index (χ3v) is 3.94. The highest BCUT2D eigenvalue weighted by Gasteiger charge is 2.27. The van der Waals surface area contributed by atoms with Gasteiger partial charge in [-0.3, -0.25) is 4.90 Å². The number of hydrogen-bond acceptors (Lipinski definition) is 4. The quantitative estimate of drug-likeness (QED) is 0.904. The lowest BCUT2D eigenvalue weighted by Gasteiger charge is -2.32. The molecule has 2 heterocycles. The van der Waals surface area contributed by atoms with Crippen LogP contribution >= 0.6 is 0 Å². The maximum Gasteiger partial charge on any atom is 0.161 e. The van der Waals surface area contributed by atoms with Gasteiger partial charge in [0.25, 0.3) is 0 Å². The van der Waals surface area contributed by atoms with Crippen molar-refractivity contribution in [1.29, 1.82) is 0 Å². The average molecular weight is 262 g/mol. The summed E-state index contributed by atoms with van der Waals surface area (Å²) < 4.78 is 11.2. The summed E-state index contributed by atoms with van der Waals surface area (Å²) in [5, 5.41) is 0. The molecule has 19 heavy (non-hydrogen) atoms. The van der Waals surface area contributed by atoms with Crippen molar-refractivity contribution in [2.45, 2.75) is 31.8 Å². The van der Waals surface area contributed by atoms with Gasteiger partial charge in [-0.05, 0) is 50.6 Å². The van der Waals surface area contributed by atoms with Crippen LogP contribution in [0.15, 0.2) is 18.2 Å². The van der Waals surface area contributed by atoms with Crippen LogP contribution < -0.4 is 15.2 Å². The molecule has 0 aliphatic carbocycles. The van der Waals surface area contributed by atoms with E-state index in [1.54, 1.807) is 0 Å². The van der Waals surface area contributed by atoms with Crippen LogP contribution in [0.25, 0.3) is 0 Å². The molecule has 2 unspecified atom stereocenters. The van der Waals surface area contributed by atoms with Crippen molar-refractivity contribution >= 4 is 0 Å². The molecular formula is C15H22N2O2. The van der Waals surface area contributed by atoms with Crippen LogP contribution in [0.4, 0.5) is 0 Å². The summed E-state index contributed by atoms with van der Waals surface area (Å²) in [5.74, 6) is 1.70. The molecule has 104 valence electrons. The molecule has 4 nitrogen and oxygen atoms in total.